The van der Waals surface area contributed by atoms with Crippen molar-refractivity contribution in [3.8, 4) is 5.75 Å². The van der Waals surface area contributed by atoms with Gasteiger partial charge in [-0.05, 0) is 25.3 Å². The minimum Gasteiger partial charge on any atom is -0.505 e. The van der Waals surface area contributed by atoms with Crippen LogP contribution in [0.1, 0.15) is 36.5 Å². The van der Waals surface area contributed by atoms with Crippen LogP contribution in [0.3, 0.4) is 0 Å². The number of amides is 1. The first-order valence-electron chi connectivity index (χ1n) is 6.66. The van der Waals surface area contributed by atoms with Gasteiger partial charge in [-0.3, -0.25) is 14.6 Å². The number of carbonyl (C=O) groups excluding carboxylic acids is 1. The third-order valence-electron chi connectivity index (χ3n) is 4.03. The number of hydrogen-bond donors (Lipinski definition) is 2. The van der Waals surface area contributed by atoms with E-state index in [0.717, 1.165) is 0 Å². The van der Waals surface area contributed by atoms with Gasteiger partial charge in [0.1, 0.15) is 5.75 Å². The molecule has 1 fully saturated rings. The Kier molecular flexibility index (Phi) is 3.92. The van der Waals surface area contributed by atoms with E-state index in [1.54, 1.807) is 0 Å². The number of carboxylic acids is 1. The van der Waals surface area contributed by atoms with Gasteiger partial charge in [-0.2, -0.15) is 0 Å². The van der Waals surface area contributed by atoms with Gasteiger partial charge in [-0.1, -0.05) is 6.92 Å². The Morgan fingerprint density at radius 2 is 2.25 bits per heavy atom. The van der Waals surface area contributed by atoms with E-state index in [1.165, 1.54) is 23.4 Å². The molecule has 1 saturated heterocycles. The fraction of sp³-hybridized carbons (Fsp3) is 0.500. The predicted octanol–water partition coefficient (Wildman–Crippen LogP) is 1.50. The van der Waals surface area contributed by atoms with Gasteiger partial charge in [0.05, 0.1) is 17.2 Å². The van der Waals surface area contributed by atoms with Crippen molar-refractivity contribution < 1.29 is 19.8 Å². The number of aromatic nitrogens is 1. The average molecular weight is 278 g/mol. The standard InChI is InChI=1S/C14H18N2O4/c1-2-14(13(19)20)5-3-7-16(9-14)12(18)10-4-6-15-8-11(10)17/h4,6,8,17H,2-3,5,7,9H2,1H3,(H,19,20). The second-order valence-corrected chi connectivity index (χ2v) is 5.16. The lowest BCUT2D eigenvalue weighted by Crippen LogP contribution is -2.49. The minimum absolute atomic E-state index is 0.164. The fourth-order valence-electron chi connectivity index (χ4n) is 2.66. The van der Waals surface area contributed by atoms with E-state index in [9.17, 15) is 19.8 Å². The molecule has 108 valence electrons. The first-order valence-corrected chi connectivity index (χ1v) is 6.66. The number of hydrogen-bond acceptors (Lipinski definition) is 4. The third kappa shape index (κ3) is 2.45. The van der Waals surface area contributed by atoms with Gasteiger partial charge < -0.3 is 15.1 Å². The van der Waals surface area contributed by atoms with Crippen molar-refractivity contribution in [2.45, 2.75) is 26.2 Å². The summed E-state index contributed by atoms with van der Waals surface area (Å²) in [5, 5.41) is 19.1. The van der Waals surface area contributed by atoms with Gasteiger partial charge in [-0.15, -0.1) is 0 Å². The highest BCUT2D eigenvalue weighted by atomic mass is 16.4. The average Bonchev–Trinajstić information content (AvgIpc) is 2.47. The molecule has 2 N–H and O–H groups in total. The SMILES string of the molecule is CCC1(C(=O)O)CCCN(C(=O)c2ccncc2O)C1. The first kappa shape index (κ1) is 14.3. The summed E-state index contributed by atoms with van der Waals surface area (Å²) in [6.45, 7) is 2.51. The molecule has 0 spiro atoms. The quantitative estimate of drug-likeness (QED) is 0.874. The van der Waals surface area contributed by atoms with Gasteiger partial charge >= 0.3 is 5.97 Å². The monoisotopic (exact) mass is 278 g/mol. The van der Waals surface area contributed by atoms with Crippen molar-refractivity contribution in [1.82, 2.24) is 9.88 Å². The molecule has 1 aromatic rings. The molecular formula is C14H18N2O4. The highest BCUT2D eigenvalue weighted by Crippen LogP contribution is 2.34. The van der Waals surface area contributed by atoms with Crippen molar-refractivity contribution in [2.75, 3.05) is 13.1 Å². The maximum atomic E-state index is 12.4. The van der Waals surface area contributed by atoms with E-state index in [-0.39, 0.29) is 23.8 Å². The smallest absolute Gasteiger partial charge is 0.311 e. The van der Waals surface area contributed by atoms with Crippen LogP contribution in [0.2, 0.25) is 0 Å². The highest BCUT2D eigenvalue weighted by molar-refractivity contribution is 5.97. The molecule has 0 bridgehead atoms. The van der Waals surface area contributed by atoms with Crippen molar-refractivity contribution in [3.63, 3.8) is 0 Å². The number of aliphatic carboxylic acids is 1. The number of piperidine rings is 1. The van der Waals surface area contributed by atoms with Gasteiger partial charge in [0, 0.05) is 19.3 Å². The number of nitrogens with zero attached hydrogens (tertiary/aromatic N) is 2. The van der Waals surface area contributed by atoms with E-state index in [0.29, 0.717) is 25.8 Å². The first-order chi connectivity index (χ1) is 9.50. The lowest BCUT2D eigenvalue weighted by molar-refractivity contribution is -0.152. The summed E-state index contributed by atoms with van der Waals surface area (Å²) >= 11 is 0. The molecular weight excluding hydrogens is 260 g/mol. The van der Waals surface area contributed by atoms with Crippen LogP contribution in [0, 0.1) is 5.41 Å². The van der Waals surface area contributed by atoms with Crippen molar-refractivity contribution in [2.24, 2.45) is 5.41 Å². The number of carbonyl (C=O) groups is 2. The van der Waals surface area contributed by atoms with Crippen LogP contribution in [-0.2, 0) is 4.79 Å². The van der Waals surface area contributed by atoms with Crippen LogP contribution in [-0.4, -0.2) is 45.1 Å². The van der Waals surface area contributed by atoms with E-state index in [1.807, 2.05) is 6.92 Å². The Morgan fingerprint density at radius 3 is 2.85 bits per heavy atom. The zero-order valence-electron chi connectivity index (χ0n) is 11.4. The van der Waals surface area contributed by atoms with Crippen LogP contribution >= 0.6 is 0 Å². The van der Waals surface area contributed by atoms with E-state index < -0.39 is 11.4 Å². The summed E-state index contributed by atoms with van der Waals surface area (Å²) in [6, 6.07) is 1.45. The molecule has 0 aromatic carbocycles. The highest BCUT2D eigenvalue weighted by Gasteiger charge is 2.42. The van der Waals surface area contributed by atoms with Gasteiger partial charge in [0.25, 0.3) is 5.91 Å². The van der Waals surface area contributed by atoms with E-state index >= 15 is 0 Å². The van der Waals surface area contributed by atoms with Crippen LogP contribution in [0.15, 0.2) is 18.5 Å². The van der Waals surface area contributed by atoms with Crippen LogP contribution < -0.4 is 0 Å². The summed E-state index contributed by atoms with van der Waals surface area (Å²) in [5.74, 6) is -1.39. The maximum Gasteiger partial charge on any atom is 0.311 e. The van der Waals surface area contributed by atoms with Gasteiger partial charge in [-0.25, -0.2) is 0 Å². The Bertz CT molecular complexity index is 532. The number of likely N-dealkylation sites (tertiary alicyclic amines) is 1. The molecule has 2 heterocycles. The summed E-state index contributed by atoms with van der Waals surface area (Å²) in [5.41, 5.74) is -0.714. The topological polar surface area (TPSA) is 90.7 Å². The molecule has 0 radical (unpaired) electrons. The largest absolute Gasteiger partial charge is 0.505 e. The molecule has 1 aromatic heterocycles. The molecule has 20 heavy (non-hydrogen) atoms. The lowest BCUT2D eigenvalue weighted by Gasteiger charge is -2.39. The van der Waals surface area contributed by atoms with Crippen molar-refractivity contribution in [3.05, 3.63) is 24.0 Å². The zero-order chi connectivity index (χ0) is 14.8. The zero-order valence-corrected chi connectivity index (χ0v) is 11.4. The molecule has 6 heteroatoms. The molecule has 1 aliphatic heterocycles. The summed E-state index contributed by atoms with van der Waals surface area (Å²) in [6.07, 6.45) is 4.35. The van der Waals surface area contributed by atoms with Crippen molar-refractivity contribution in [1.29, 1.82) is 0 Å². The van der Waals surface area contributed by atoms with Crippen molar-refractivity contribution >= 4 is 11.9 Å². The molecule has 6 nitrogen and oxygen atoms in total. The summed E-state index contributed by atoms with van der Waals surface area (Å²) < 4.78 is 0. The molecule has 0 saturated carbocycles. The Morgan fingerprint density at radius 1 is 1.50 bits per heavy atom. The predicted molar refractivity (Wildman–Crippen MR) is 71.4 cm³/mol. The molecule has 0 aliphatic carbocycles. The second-order valence-electron chi connectivity index (χ2n) is 5.16. The van der Waals surface area contributed by atoms with Crippen LogP contribution in [0.5, 0.6) is 5.75 Å². The summed E-state index contributed by atoms with van der Waals surface area (Å²) in [7, 11) is 0. The fourth-order valence-corrected chi connectivity index (χ4v) is 2.66. The molecule has 1 amide bonds. The van der Waals surface area contributed by atoms with E-state index in [2.05, 4.69) is 4.98 Å². The molecule has 1 aliphatic rings. The number of pyridine rings is 1. The lowest BCUT2D eigenvalue weighted by atomic mass is 9.77. The van der Waals surface area contributed by atoms with Crippen LogP contribution in [0.25, 0.3) is 0 Å². The number of rotatable bonds is 3. The third-order valence-corrected chi connectivity index (χ3v) is 4.03. The number of aromatic hydroxyl groups is 1. The number of carboxylic acid groups (broad SMARTS) is 1. The second kappa shape index (κ2) is 5.48. The van der Waals surface area contributed by atoms with Crippen LogP contribution in [0.4, 0.5) is 0 Å². The Labute approximate surface area is 117 Å². The van der Waals surface area contributed by atoms with Gasteiger partial charge in [0.2, 0.25) is 0 Å². The van der Waals surface area contributed by atoms with E-state index in [4.69, 9.17) is 0 Å². The molecule has 1 unspecified atom stereocenters. The molecule has 2 rings (SSSR count). The maximum absolute atomic E-state index is 12.4. The molecule has 1 atom stereocenters. The minimum atomic E-state index is -0.878. The Balaban J connectivity index is 2.23. The Hall–Kier alpha value is -2.11. The van der Waals surface area contributed by atoms with Gasteiger partial charge in [0.15, 0.2) is 0 Å². The normalized spacial score (nSPS) is 22.6. The summed E-state index contributed by atoms with van der Waals surface area (Å²) in [4.78, 5) is 29.1.